The summed E-state index contributed by atoms with van der Waals surface area (Å²) in [5.74, 6) is -1.58. The van der Waals surface area contributed by atoms with Gasteiger partial charge in [0.25, 0.3) is 5.91 Å². The van der Waals surface area contributed by atoms with Crippen LogP contribution in [-0.4, -0.2) is 71.9 Å². The summed E-state index contributed by atoms with van der Waals surface area (Å²) in [4.78, 5) is 16.5. The van der Waals surface area contributed by atoms with Crippen molar-refractivity contribution >= 4 is 5.91 Å². The molecule has 1 aromatic carbocycles. The molecular formula is C19H26F2N2O3. The number of carbonyl (C=O) groups is 1. The maximum Gasteiger partial charge on any atom is 0.256 e. The Morgan fingerprint density at radius 1 is 1.08 bits per heavy atom. The maximum atomic E-state index is 13.9. The monoisotopic (exact) mass is 368 g/mol. The molecule has 0 aliphatic carbocycles. The van der Waals surface area contributed by atoms with Gasteiger partial charge < -0.3 is 20.0 Å². The van der Waals surface area contributed by atoms with Crippen LogP contribution in [0.25, 0.3) is 0 Å². The van der Waals surface area contributed by atoms with Gasteiger partial charge in [-0.2, -0.15) is 0 Å². The lowest BCUT2D eigenvalue weighted by molar-refractivity contribution is 0.0771. The van der Waals surface area contributed by atoms with Crippen LogP contribution >= 0.6 is 0 Å². The van der Waals surface area contributed by atoms with Gasteiger partial charge in [-0.3, -0.25) is 4.79 Å². The lowest BCUT2D eigenvalue weighted by Crippen LogP contribution is -2.40. The van der Waals surface area contributed by atoms with E-state index in [1.54, 1.807) is 4.90 Å². The third kappa shape index (κ3) is 4.22. The number of likely N-dealkylation sites (tertiary alicyclic amines) is 2. The molecule has 2 aliphatic heterocycles. The fraction of sp³-hybridized carbons (Fsp3) is 0.632. The summed E-state index contributed by atoms with van der Waals surface area (Å²) in [6.45, 7) is 3.63. The summed E-state index contributed by atoms with van der Waals surface area (Å²) in [6, 6.07) is 2.97. The molecule has 2 saturated heterocycles. The van der Waals surface area contributed by atoms with Gasteiger partial charge in [-0.25, -0.2) is 8.78 Å². The highest BCUT2D eigenvalue weighted by Crippen LogP contribution is 2.28. The van der Waals surface area contributed by atoms with E-state index in [0.29, 0.717) is 19.0 Å². The van der Waals surface area contributed by atoms with Gasteiger partial charge in [0.05, 0.1) is 5.56 Å². The minimum absolute atomic E-state index is 0.0204. The van der Waals surface area contributed by atoms with E-state index in [1.165, 1.54) is 6.07 Å². The van der Waals surface area contributed by atoms with Crippen molar-refractivity contribution in [3.05, 3.63) is 35.4 Å². The Labute approximate surface area is 152 Å². The molecule has 2 fully saturated rings. The van der Waals surface area contributed by atoms with Crippen molar-refractivity contribution in [2.24, 2.45) is 17.8 Å². The summed E-state index contributed by atoms with van der Waals surface area (Å²) in [5, 5.41) is 18.9. The molecule has 5 nitrogen and oxygen atoms in total. The van der Waals surface area contributed by atoms with Crippen LogP contribution in [0.15, 0.2) is 18.2 Å². The Hall–Kier alpha value is -1.57. The smallest absolute Gasteiger partial charge is 0.256 e. The van der Waals surface area contributed by atoms with Gasteiger partial charge in [0.1, 0.15) is 11.6 Å². The maximum absolute atomic E-state index is 13.9. The first-order valence-electron chi connectivity index (χ1n) is 9.20. The summed E-state index contributed by atoms with van der Waals surface area (Å²) in [7, 11) is 0. The molecule has 26 heavy (non-hydrogen) atoms. The van der Waals surface area contributed by atoms with Gasteiger partial charge in [-0.05, 0) is 49.9 Å². The highest BCUT2D eigenvalue weighted by atomic mass is 19.1. The van der Waals surface area contributed by atoms with Gasteiger partial charge in [0.15, 0.2) is 0 Å². The standard InChI is InChI=1S/C19H26F2N2O3/c20-16-1-2-17(18(21)7-16)19(26)23-9-14(15(10-23)12-25)8-22-5-3-13(11-24)4-6-22/h1-2,7,13-15,24-25H,3-6,8-12H2/t14-,15-/m1/s1. The first-order chi connectivity index (χ1) is 12.5. The number of nitrogens with zero attached hydrogens (tertiary/aromatic N) is 2. The van der Waals surface area contributed by atoms with Gasteiger partial charge in [-0.15, -0.1) is 0 Å². The number of halogens is 2. The van der Waals surface area contributed by atoms with Gasteiger partial charge in [0.2, 0.25) is 0 Å². The summed E-state index contributed by atoms with van der Waals surface area (Å²) in [6.07, 6.45) is 1.91. The molecule has 2 atom stereocenters. The molecule has 0 radical (unpaired) electrons. The highest BCUT2D eigenvalue weighted by Gasteiger charge is 2.37. The van der Waals surface area contributed by atoms with E-state index in [9.17, 15) is 23.8 Å². The molecule has 0 saturated carbocycles. The molecule has 1 amide bonds. The van der Waals surface area contributed by atoms with Crippen molar-refractivity contribution in [3.63, 3.8) is 0 Å². The summed E-state index contributed by atoms with van der Waals surface area (Å²) >= 11 is 0. The molecule has 3 rings (SSSR count). The average molecular weight is 368 g/mol. The number of carbonyl (C=O) groups excluding carboxylic acids is 1. The normalized spacial score (nSPS) is 25.0. The average Bonchev–Trinajstić information content (AvgIpc) is 3.05. The molecule has 0 aromatic heterocycles. The van der Waals surface area contributed by atoms with Crippen molar-refractivity contribution in [1.29, 1.82) is 0 Å². The molecule has 0 spiro atoms. The molecule has 2 N–H and O–H groups in total. The fourth-order valence-electron chi connectivity index (χ4n) is 4.03. The second kappa shape index (κ2) is 8.41. The minimum Gasteiger partial charge on any atom is -0.396 e. The first-order valence-corrected chi connectivity index (χ1v) is 9.20. The molecule has 2 heterocycles. The molecular weight excluding hydrogens is 342 g/mol. The van der Waals surface area contributed by atoms with E-state index in [0.717, 1.165) is 44.6 Å². The van der Waals surface area contributed by atoms with Crippen LogP contribution in [-0.2, 0) is 0 Å². The van der Waals surface area contributed by atoms with Crippen LogP contribution in [0.4, 0.5) is 8.78 Å². The predicted octanol–water partition coefficient (Wildman–Crippen LogP) is 1.35. The SMILES string of the molecule is O=C(c1ccc(F)cc1F)N1C[C@@H](CN2CCC(CO)CC2)[C@@H](CO)C1. The Bertz CT molecular complexity index is 635. The fourth-order valence-corrected chi connectivity index (χ4v) is 4.03. The zero-order chi connectivity index (χ0) is 18.7. The quantitative estimate of drug-likeness (QED) is 0.824. The number of hydrogen-bond acceptors (Lipinski definition) is 4. The molecule has 144 valence electrons. The van der Waals surface area contributed by atoms with Crippen LogP contribution in [0.1, 0.15) is 23.2 Å². The van der Waals surface area contributed by atoms with E-state index in [-0.39, 0.29) is 30.6 Å². The van der Waals surface area contributed by atoms with Crippen molar-refractivity contribution in [2.75, 3.05) is 45.9 Å². The number of aliphatic hydroxyl groups excluding tert-OH is 2. The predicted molar refractivity (Wildman–Crippen MR) is 92.6 cm³/mol. The van der Waals surface area contributed by atoms with E-state index < -0.39 is 17.5 Å². The molecule has 2 aliphatic rings. The lowest BCUT2D eigenvalue weighted by atomic mass is 9.93. The van der Waals surface area contributed by atoms with Crippen molar-refractivity contribution in [1.82, 2.24) is 9.80 Å². The molecule has 7 heteroatoms. The van der Waals surface area contributed by atoms with Crippen molar-refractivity contribution in [3.8, 4) is 0 Å². The van der Waals surface area contributed by atoms with Crippen LogP contribution in [0.3, 0.4) is 0 Å². The second-order valence-corrected chi connectivity index (χ2v) is 7.46. The zero-order valence-corrected chi connectivity index (χ0v) is 14.8. The largest absolute Gasteiger partial charge is 0.396 e. The number of amides is 1. The van der Waals surface area contributed by atoms with Crippen LogP contribution in [0.5, 0.6) is 0 Å². The number of benzene rings is 1. The van der Waals surface area contributed by atoms with Gasteiger partial charge in [-0.1, -0.05) is 0 Å². The van der Waals surface area contributed by atoms with Crippen LogP contribution in [0.2, 0.25) is 0 Å². The second-order valence-electron chi connectivity index (χ2n) is 7.46. The third-order valence-corrected chi connectivity index (χ3v) is 5.72. The Morgan fingerprint density at radius 2 is 1.77 bits per heavy atom. The molecule has 0 bridgehead atoms. The number of piperidine rings is 1. The van der Waals surface area contributed by atoms with E-state index in [2.05, 4.69) is 4.90 Å². The van der Waals surface area contributed by atoms with Gasteiger partial charge >= 0.3 is 0 Å². The lowest BCUT2D eigenvalue weighted by Gasteiger charge is -2.33. The van der Waals surface area contributed by atoms with Gasteiger partial charge in [0, 0.05) is 44.8 Å². The van der Waals surface area contributed by atoms with Crippen molar-refractivity contribution in [2.45, 2.75) is 12.8 Å². The Kier molecular flexibility index (Phi) is 6.21. The minimum atomic E-state index is -0.856. The van der Waals surface area contributed by atoms with E-state index in [1.807, 2.05) is 0 Å². The molecule has 1 aromatic rings. The van der Waals surface area contributed by atoms with Crippen LogP contribution < -0.4 is 0 Å². The third-order valence-electron chi connectivity index (χ3n) is 5.72. The highest BCUT2D eigenvalue weighted by molar-refractivity contribution is 5.94. The number of aliphatic hydroxyl groups is 2. The Balaban J connectivity index is 1.62. The number of hydrogen-bond donors (Lipinski definition) is 2. The summed E-state index contributed by atoms with van der Waals surface area (Å²) in [5.41, 5.74) is -0.132. The van der Waals surface area contributed by atoms with Crippen LogP contribution in [0, 0.1) is 29.4 Å². The van der Waals surface area contributed by atoms with E-state index in [4.69, 9.17) is 0 Å². The summed E-state index contributed by atoms with van der Waals surface area (Å²) < 4.78 is 27.0. The van der Waals surface area contributed by atoms with Crippen molar-refractivity contribution < 1.29 is 23.8 Å². The van der Waals surface area contributed by atoms with E-state index >= 15 is 0 Å². The first kappa shape index (κ1) is 19.2. The topological polar surface area (TPSA) is 64.0 Å². The zero-order valence-electron chi connectivity index (χ0n) is 14.8. The number of rotatable bonds is 5. The Morgan fingerprint density at radius 3 is 2.38 bits per heavy atom. The molecule has 0 unspecified atom stereocenters.